The van der Waals surface area contributed by atoms with Crippen molar-refractivity contribution in [2.24, 2.45) is 0 Å². The van der Waals surface area contributed by atoms with Crippen molar-refractivity contribution < 1.29 is 32.7 Å². The monoisotopic (exact) mass is 652 g/mol. The second-order valence-electron chi connectivity index (χ2n) is 8.97. The highest BCUT2D eigenvalue weighted by molar-refractivity contribution is 9.10. The highest BCUT2D eigenvalue weighted by Crippen LogP contribution is 2.48. The number of carbonyl (C=O) groups excluding carboxylic acids is 2. The van der Waals surface area contributed by atoms with Gasteiger partial charge < -0.3 is 10.4 Å². The second-order valence-corrected chi connectivity index (χ2v) is 13.3. The molecule has 1 saturated carbocycles. The fourth-order valence-corrected chi connectivity index (χ4v) is 8.40. The summed E-state index contributed by atoms with van der Waals surface area (Å²) in [5.74, 6) is -2.01. The van der Waals surface area contributed by atoms with Crippen molar-refractivity contribution in [1.82, 2.24) is 30.2 Å². The minimum absolute atomic E-state index is 0.118. The smallest absolute Gasteiger partial charge is 0.436 e. The van der Waals surface area contributed by atoms with Crippen molar-refractivity contribution in [1.29, 1.82) is 0 Å². The summed E-state index contributed by atoms with van der Waals surface area (Å²) in [6, 6.07) is -2.12. The highest BCUT2D eigenvalue weighted by atomic mass is 79.9. The average Bonchev–Trinajstić information content (AvgIpc) is 3.50. The molecule has 2 aromatic rings. The number of fused-ring (bicyclic) bond motifs is 1. The van der Waals surface area contributed by atoms with Crippen molar-refractivity contribution in [3.8, 4) is 0 Å². The number of thioether (sulfide) groups is 2. The van der Waals surface area contributed by atoms with Crippen LogP contribution in [-0.2, 0) is 20.6 Å². The Morgan fingerprint density at radius 3 is 2.61 bits per heavy atom. The van der Waals surface area contributed by atoms with Gasteiger partial charge in [-0.05, 0) is 48.2 Å². The minimum Gasteiger partial charge on any atom is -0.477 e. The molecular formula is C21H20BrF3N6O4S3. The summed E-state index contributed by atoms with van der Waals surface area (Å²) < 4.78 is 42.0. The maximum Gasteiger partial charge on any atom is 0.436 e. The first-order valence-corrected chi connectivity index (χ1v) is 15.0. The maximum atomic E-state index is 13.5. The molecule has 4 heterocycles. The van der Waals surface area contributed by atoms with Crippen LogP contribution in [0.2, 0.25) is 0 Å². The number of alkyl halides is 3. The van der Waals surface area contributed by atoms with Gasteiger partial charge in [0.2, 0.25) is 5.91 Å². The molecule has 1 aliphatic carbocycles. The Bertz CT molecular complexity index is 1360. The van der Waals surface area contributed by atoms with Crippen LogP contribution in [0.15, 0.2) is 20.1 Å². The largest absolute Gasteiger partial charge is 0.477 e. The van der Waals surface area contributed by atoms with Crippen LogP contribution in [0.5, 0.6) is 0 Å². The van der Waals surface area contributed by atoms with Crippen molar-refractivity contribution >= 4 is 68.6 Å². The van der Waals surface area contributed by atoms with E-state index >= 15 is 0 Å². The number of halogens is 4. The van der Waals surface area contributed by atoms with Gasteiger partial charge in [0, 0.05) is 17.4 Å². The minimum atomic E-state index is -4.70. The van der Waals surface area contributed by atoms with Crippen LogP contribution in [0, 0.1) is 6.92 Å². The Labute approximate surface area is 234 Å². The summed E-state index contributed by atoms with van der Waals surface area (Å²) >= 11 is 7.05. The summed E-state index contributed by atoms with van der Waals surface area (Å²) in [5, 5.41) is 24.2. The average molecular weight is 654 g/mol. The maximum absolute atomic E-state index is 13.5. The zero-order valence-corrected chi connectivity index (χ0v) is 23.8. The van der Waals surface area contributed by atoms with Crippen molar-refractivity contribution in [3.63, 3.8) is 0 Å². The molecule has 0 aromatic carbocycles. The topological polar surface area (TPSA) is 130 Å². The van der Waals surface area contributed by atoms with E-state index in [4.69, 9.17) is 0 Å². The van der Waals surface area contributed by atoms with Crippen LogP contribution in [0.3, 0.4) is 0 Å². The number of aromatic nitrogens is 4. The third-order valence-electron chi connectivity index (χ3n) is 6.29. The third kappa shape index (κ3) is 4.97. The van der Waals surface area contributed by atoms with Gasteiger partial charge >= 0.3 is 12.1 Å². The molecule has 3 unspecified atom stereocenters. The van der Waals surface area contributed by atoms with Crippen molar-refractivity contribution in [3.05, 3.63) is 32.1 Å². The van der Waals surface area contributed by atoms with Gasteiger partial charge in [-0.2, -0.15) is 18.3 Å². The summed E-state index contributed by atoms with van der Waals surface area (Å²) in [7, 11) is 0. The Hall–Kier alpha value is -2.11. The number of carboxylic acid groups (broad SMARTS) is 1. The zero-order valence-electron chi connectivity index (χ0n) is 19.8. The Balaban J connectivity index is 1.31. The van der Waals surface area contributed by atoms with Crippen molar-refractivity contribution in [2.75, 3.05) is 11.5 Å². The summed E-state index contributed by atoms with van der Waals surface area (Å²) in [5.41, 5.74) is -0.360. The van der Waals surface area contributed by atoms with E-state index in [1.807, 2.05) is 6.92 Å². The van der Waals surface area contributed by atoms with Gasteiger partial charge in [0.25, 0.3) is 5.91 Å². The van der Waals surface area contributed by atoms with E-state index in [0.29, 0.717) is 40.0 Å². The zero-order chi connectivity index (χ0) is 27.5. The normalized spacial score (nSPS) is 22.3. The van der Waals surface area contributed by atoms with E-state index in [1.54, 1.807) is 0 Å². The van der Waals surface area contributed by atoms with Gasteiger partial charge in [-0.15, -0.1) is 22.0 Å². The lowest BCUT2D eigenvalue weighted by Crippen LogP contribution is -2.71. The summed E-state index contributed by atoms with van der Waals surface area (Å²) in [4.78, 5) is 39.3. The third-order valence-corrected chi connectivity index (χ3v) is 10.5. The molecule has 5 rings (SSSR count). The highest BCUT2D eigenvalue weighted by Gasteiger charge is 2.54. The molecule has 2 aromatic heterocycles. The quantitative estimate of drug-likeness (QED) is 0.323. The number of carboxylic acids is 1. The number of rotatable bonds is 8. The van der Waals surface area contributed by atoms with Gasteiger partial charge in [0.1, 0.15) is 28.2 Å². The molecule has 2 N–H and O–H groups in total. The molecule has 204 valence electrons. The number of β-lactam (4-membered cyclic amide) rings is 1. The predicted molar refractivity (Wildman–Crippen MR) is 137 cm³/mol. The predicted octanol–water partition coefficient (Wildman–Crippen LogP) is 3.79. The molecular weight excluding hydrogens is 633 g/mol. The lowest BCUT2D eigenvalue weighted by molar-refractivity contribution is -0.151. The van der Waals surface area contributed by atoms with Crippen LogP contribution in [0.25, 0.3) is 0 Å². The number of aliphatic carboxylic acids is 1. The molecule has 38 heavy (non-hydrogen) atoms. The van der Waals surface area contributed by atoms with Crippen molar-refractivity contribution in [2.45, 2.75) is 60.6 Å². The number of nitrogens with zero attached hydrogens (tertiary/aromatic N) is 5. The molecule has 2 amide bonds. The van der Waals surface area contributed by atoms with Crippen LogP contribution < -0.4 is 5.32 Å². The fraction of sp³-hybridized carbons (Fsp3) is 0.524. The summed E-state index contributed by atoms with van der Waals surface area (Å²) in [6.45, 7) is 3.23. The molecule has 2 aliphatic heterocycles. The lowest BCUT2D eigenvalue weighted by Gasteiger charge is -2.49. The van der Waals surface area contributed by atoms with Gasteiger partial charge in [0.05, 0.1) is 10.2 Å². The first-order chi connectivity index (χ1) is 17.9. The standard InChI is InChI=1S/C21H20BrF3N6O4S3/c1-7(31-13(9-3-4-9)11(22)15(29-31)21(23,24)25)16(32)26-12-17(33)30-14(19(34)35)10(5-36-18(12)30)6-37-20-28-27-8(2)38-20/h7,9,12,18H,3-6H2,1-2H3,(H,26,32)(H,34,35). The SMILES string of the molecule is Cc1nnc(SCC2=C(C(=O)O)N3C(=O)C(NC(=O)C(C)n4nc(C(F)(F)F)c(Br)c4C4CC4)C3SC2)s1. The van der Waals surface area contributed by atoms with Gasteiger partial charge in [0.15, 0.2) is 10.0 Å². The molecule has 10 nitrogen and oxygen atoms in total. The second kappa shape index (κ2) is 10.1. The number of hydrogen-bond acceptors (Lipinski definition) is 9. The summed E-state index contributed by atoms with van der Waals surface area (Å²) in [6.07, 6.45) is -3.32. The van der Waals surface area contributed by atoms with Gasteiger partial charge in [-0.3, -0.25) is 19.2 Å². The Morgan fingerprint density at radius 2 is 2.03 bits per heavy atom. The van der Waals surface area contributed by atoms with E-state index in [1.165, 1.54) is 41.8 Å². The van der Waals surface area contributed by atoms with E-state index in [2.05, 4.69) is 36.5 Å². The molecule has 17 heteroatoms. The first kappa shape index (κ1) is 27.5. The molecule has 0 bridgehead atoms. The van der Waals surface area contributed by atoms with E-state index in [0.717, 1.165) is 14.6 Å². The van der Waals surface area contributed by atoms with Crippen LogP contribution in [0.4, 0.5) is 13.2 Å². The number of nitrogens with one attached hydrogen (secondary N) is 1. The van der Waals surface area contributed by atoms with E-state index in [-0.39, 0.29) is 16.1 Å². The molecule has 3 aliphatic rings. The molecule has 3 atom stereocenters. The fourth-order valence-electron chi connectivity index (χ4n) is 4.29. The molecule has 0 radical (unpaired) electrons. The van der Waals surface area contributed by atoms with Gasteiger partial charge in [-0.25, -0.2) is 4.79 Å². The first-order valence-electron chi connectivity index (χ1n) is 11.4. The lowest BCUT2D eigenvalue weighted by atomic mass is 10.0. The molecule has 0 spiro atoms. The van der Waals surface area contributed by atoms with Crippen LogP contribution in [-0.4, -0.2) is 70.7 Å². The van der Waals surface area contributed by atoms with Crippen LogP contribution in [0.1, 0.15) is 48.1 Å². The number of aryl methyl sites for hydroxylation is 1. The Kier molecular flexibility index (Phi) is 7.32. The number of hydrogen-bond donors (Lipinski definition) is 2. The molecule has 1 saturated heterocycles. The molecule has 2 fully saturated rings. The van der Waals surface area contributed by atoms with E-state index < -0.39 is 47.1 Å². The number of carbonyl (C=O) groups is 3. The van der Waals surface area contributed by atoms with E-state index in [9.17, 15) is 32.7 Å². The Morgan fingerprint density at radius 1 is 1.32 bits per heavy atom. The number of amides is 2. The van der Waals surface area contributed by atoms with Gasteiger partial charge in [-0.1, -0.05) is 23.1 Å². The van der Waals surface area contributed by atoms with Crippen LogP contribution >= 0.6 is 50.8 Å².